The third-order valence-corrected chi connectivity index (χ3v) is 3.17. The van der Waals surface area contributed by atoms with Crippen LogP contribution in [-0.4, -0.2) is 20.5 Å². The predicted octanol–water partition coefficient (Wildman–Crippen LogP) is 1.81. The second kappa shape index (κ2) is 4.74. The van der Waals surface area contributed by atoms with Crippen molar-refractivity contribution in [3.05, 3.63) is 10.6 Å². The number of halogens is 2. The molecule has 0 spiro atoms. The maximum Gasteiger partial charge on any atom is 0.222 e. The van der Waals surface area contributed by atoms with Crippen LogP contribution in [0.2, 0.25) is 0 Å². The predicted molar refractivity (Wildman–Crippen MR) is 55.9 cm³/mol. The van der Waals surface area contributed by atoms with Crippen molar-refractivity contribution in [3.8, 4) is 0 Å². The zero-order valence-corrected chi connectivity index (χ0v) is 9.20. The fourth-order valence-electron chi connectivity index (χ4n) is 0.617. The zero-order chi connectivity index (χ0) is 9.84. The van der Waals surface area contributed by atoms with Crippen LogP contribution in [-0.2, 0) is 7.05 Å². The van der Waals surface area contributed by atoms with Gasteiger partial charge < -0.3 is 5.73 Å². The molecule has 4 nitrogen and oxygen atoms in total. The van der Waals surface area contributed by atoms with Crippen LogP contribution in [0.15, 0.2) is 15.7 Å². The largest absolute Gasteiger partial charge is 0.368 e. The average molecular weight is 239 g/mol. The van der Waals surface area contributed by atoms with Crippen LogP contribution in [0.25, 0.3) is 0 Å². The van der Waals surface area contributed by atoms with E-state index in [4.69, 9.17) is 28.9 Å². The summed E-state index contributed by atoms with van der Waals surface area (Å²) >= 11 is 12.5. The van der Waals surface area contributed by atoms with Crippen LogP contribution < -0.4 is 5.73 Å². The number of nitrogens with zero attached hydrogens (tertiary/aromatic N) is 3. The highest BCUT2D eigenvalue weighted by Crippen LogP contribution is 2.20. The summed E-state index contributed by atoms with van der Waals surface area (Å²) < 4.78 is 1.68. The van der Waals surface area contributed by atoms with Gasteiger partial charge in [-0.3, -0.25) is 4.57 Å². The van der Waals surface area contributed by atoms with Gasteiger partial charge in [0.05, 0.1) is 0 Å². The quantitative estimate of drug-likeness (QED) is 0.817. The van der Waals surface area contributed by atoms with E-state index in [1.54, 1.807) is 11.6 Å². The number of anilines is 1. The highest BCUT2D eigenvalue weighted by atomic mass is 35.5. The molecule has 0 aliphatic carbocycles. The Labute approximate surface area is 90.1 Å². The normalized spacial score (nSPS) is 12.1. The molecule has 1 aromatic rings. The Morgan fingerprint density at radius 3 is 2.85 bits per heavy atom. The number of hydrogen-bond acceptors (Lipinski definition) is 4. The van der Waals surface area contributed by atoms with E-state index in [1.807, 2.05) is 0 Å². The van der Waals surface area contributed by atoms with Crippen LogP contribution in [0.3, 0.4) is 0 Å². The standard InChI is InChI=1S/C6H8Cl2N4S/c1-12-5(9)10-11-6(12)13-3-4(8)2-7/h2H,3H2,1H3,(H2,9,10). The molecule has 0 aliphatic heterocycles. The number of aromatic nitrogens is 3. The van der Waals surface area contributed by atoms with E-state index in [0.717, 1.165) is 0 Å². The minimum atomic E-state index is 0.383. The van der Waals surface area contributed by atoms with Crippen molar-refractivity contribution in [3.63, 3.8) is 0 Å². The Morgan fingerprint density at radius 2 is 2.38 bits per heavy atom. The van der Waals surface area contributed by atoms with Gasteiger partial charge in [0.1, 0.15) is 0 Å². The Hall–Kier alpha value is -0.390. The van der Waals surface area contributed by atoms with Crippen molar-refractivity contribution in [1.29, 1.82) is 0 Å². The molecule has 0 saturated heterocycles. The van der Waals surface area contributed by atoms with Crippen LogP contribution in [0, 0.1) is 0 Å². The molecular formula is C6H8Cl2N4S. The minimum absolute atomic E-state index is 0.383. The SMILES string of the molecule is Cn1c(N)nnc1SCC(Cl)=CCl. The van der Waals surface area contributed by atoms with Crippen LogP contribution in [0.4, 0.5) is 5.95 Å². The summed E-state index contributed by atoms with van der Waals surface area (Å²) in [6, 6.07) is 0. The Bertz CT molecular complexity index is 322. The first-order chi connectivity index (χ1) is 6.15. The van der Waals surface area contributed by atoms with Gasteiger partial charge >= 0.3 is 0 Å². The molecule has 0 atom stereocenters. The lowest BCUT2D eigenvalue weighted by atomic mass is 10.7. The van der Waals surface area contributed by atoms with Crippen LogP contribution in [0.1, 0.15) is 0 Å². The molecule has 0 amide bonds. The van der Waals surface area contributed by atoms with Gasteiger partial charge in [0.25, 0.3) is 0 Å². The van der Waals surface area contributed by atoms with Crippen molar-refractivity contribution < 1.29 is 0 Å². The van der Waals surface area contributed by atoms with Gasteiger partial charge in [0, 0.05) is 23.4 Å². The molecule has 0 unspecified atom stereocenters. The minimum Gasteiger partial charge on any atom is -0.368 e. The zero-order valence-electron chi connectivity index (χ0n) is 6.87. The van der Waals surface area contributed by atoms with E-state index < -0.39 is 0 Å². The molecule has 0 bridgehead atoms. The van der Waals surface area contributed by atoms with E-state index in [0.29, 0.717) is 21.9 Å². The molecule has 0 aliphatic rings. The van der Waals surface area contributed by atoms with Crippen molar-refractivity contribution in [2.24, 2.45) is 7.05 Å². The number of nitrogen functional groups attached to an aromatic ring is 1. The molecule has 13 heavy (non-hydrogen) atoms. The Morgan fingerprint density at radius 1 is 1.69 bits per heavy atom. The van der Waals surface area contributed by atoms with Gasteiger partial charge in [-0.05, 0) is 0 Å². The lowest BCUT2D eigenvalue weighted by molar-refractivity contribution is 0.797. The van der Waals surface area contributed by atoms with Gasteiger partial charge in [-0.15, -0.1) is 10.2 Å². The molecule has 72 valence electrons. The van der Waals surface area contributed by atoms with Crippen molar-refractivity contribution in [2.75, 3.05) is 11.5 Å². The van der Waals surface area contributed by atoms with E-state index in [-0.39, 0.29) is 0 Å². The first-order valence-corrected chi connectivity index (χ1v) is 5.17. The highest BCUT2D eigenvalue weighted by molar-refractivity contribution is 7.99. The third kappa shape index (κ3) is 2.79. The maximum absolute atomic E-state index is 5.69. The highest BCUT2D eigenvalue weighted by Gasteiger charge is 2.05. The van der Waals surface area contributed by atoms with Crippen molar-refractivity contribution >= 4 is 40.9 Å². The Balaban J connectivity index is 2.60. The summed E-state index contributed by atoms with van der Waals surface area (Å²) in [5.74, 6) is 0.949. The summed E-state index contributed by atoms with van der Waals surface area (Å²) in [5, 5.41) is 8.82. The molecule has 7 heteroatoms. The summed E-state index contributed by atoms with van der Waals surface area (Å²) in [4.78, 5) is 0. The summed E-state index contributed by atoms with van der Waals surface area (Å²) in [6.07, 6.45) is 0. The molecular weight excluding hydrogens is 231 g/mol. The van der Waals surface area contributed by atoms with Gasteiger partial charge in [0.15, 0.2) is 5.16 Å². The number of thioether (sulfide) groups is 1. The first-order valence-electron chi connectivity index (χ1n) is 3.37. The van der Waals surface area contributed by atoms with E-state index in [1.165, 1.54) is 17.3 Å². The molecule has 0 fully saturated rings. The van der Waals surface area contributed by atoms with E-state index in [2.05, 4.69) is 10.2 Å². The molecule has 0 saturated carbocycles. The molecule has 1 aromatic heterocycles. The van der Waals surface area contributed by atoms with Gasteiger partial charge in [-0.25, -0.2) is 0 Å². The second-order valence-electron chi connectivity index (χ2n) is 2.24. The average Bonchev–Trinajstić information content (AvgIpc) is 2.44. The van der Waals surface area contributed by atoms with Crippen LogP contribution in [0.5, 0.6) is 0 Å². The van der Waals surface area contributed by atoms with Gasteiger partial charge in [-0.2, -0.15) is 0 Å². The fraction of sp³-hybridized carbons (Fsp3) is 0.333. The van der Waals surface area contributed by atoms with E-state index in [9.17, 15) is 0 Å². The number of nitrogens with two attached hydrogens (primary N) is 1. The molecule has 0 radical (unpaired) electrons. The van der Waals surface area contributed by atoms with Gasteiger partial charge in [0.2, 0.25) is 5.95 Å². The number of hydrogen-bond donors (Lipinski definition) is 1. The monoisotopic (exact) mass is 238 g/mol. The lowest BCUT2D eigenvalue weighted by Gasteiger charge is -1.99. The summed E-state index contributed by atoms with van der Waals surface area (Å²) in [5.41, 5.74) is 6.81. The smallest absolute Gasteiger partial charge is 0.222 e. The van der Waals surface area contributed by atoms with Gasteiger partial charge in [-0.1, -0.05) is 35.0 Å². The maximum atomic E-state index is 5.69. The van der Waals surface area contributed by atoms with E-state index >= 15 is 0 Å². The fourth-order valence-corrected chi connectivity index (χ4v) is 1.69. The molecule has 0 aromatic carbocycles. The molecule has 2 N–H and O–H groups in total. The first kappa shape index (κ1) is 10.7. The summed E-state index contributed by atoms with van der Waals surface area (Å²) in [7, 11) is 1.79. The summed E-state index contributed by atoms with van der Waals surface area (Å²) in [6.45, 7) is 0. The van der Waals surface area contributed by atoms with Crippen molar-refractivity contribution in [2.45, 2.75) is 5.16 Å². The lowest BCUT2D eigenvalue weighted by Crippen LogP contribution is -1.98. The van der Waals surface area contributed by atoms with Crippen LogP contribution >= 0.6 is 35.0 Å². The molecule has 1 rings (SSSR count). The number of rotatable bonds is 3. The topological polar surface area (TPSA) is 56.7 Å². The third-order valence-electron chi connectivity index (χ3n) is 1.33. The second-order valence-corrected chi connectivity index (χ2v) is 3.89. The molecule has 1 heterocycles. The Kier molecular flexibility index (Phi) is 3.90. The van der Waals surface area contributed by atoms with Crippen molar-refractivity contribution in [1.82, 2.24) is 14.8 Å².